The third-order valence-corrected chi connectivity index (χ3v) is 1.22. The van der Waals surface area contributed by atoms with Gasteiger partial charge in [0.15, 0.2) is 0 Å². The van der Waals surface area contributed by atoms with Crippen LogP contribution in [0.5, 0.6) is 0 Å². The minimum atomic E-state index is -0.936. The zero-order chi connectivity index (χ0) is 8.15. The Labute approximate surface area is 60.6 Å². The Morgan fingerprint density at radius 3 is 2.20 bits per heavy atom. The molecule has 0 heterocycles. The summed E-state index contributed by atoms with van der Waals surface area (Å²) in [5.74, 6) is 0. The summed E-state index contributed by atoms with van der Waals surface area (Å²) in [5.41, 5.74) is 0. The Morgan fingerprint density at radius 2 is 1.90 bits per heavy atom. The third-order valence-electron chi connectivity index (χ3n) is 1.22. The van der Waals surface area contributed by atoms with Crippen molar-refractivity contribution in [3.63, 3.8) is 0 Å². The molecule has 0 aromatic carbocycles. The molecule has 0 unspecified atom stereocenters. The molecule has 0 aliphatic heterocycles. The Hall–Kier alpha value is -0.380. The van der Waals surface area contributed by atoms with E-state index in [1.807, 2.05) is 0 Å². The van der Waals surface area contributed by atoms with Gasteiger partial charge in [0.25, 0.3) is 0 Å². The smallest absolute Gasteiger partial charge is 0.0978 e. The number of rotatable bonds is 4. The van der Waals surface area contributed by atoms with Gasteiger partial charge in [-0.25, -0.2) is 0 Å². The molecule has 3 atom stereocenters. The molecule has 60 valence electrons. The molecule has 0 radical (unpaired) electrons. The molecule has 0 fully saturated rings. The second-order valence-electron chi connectivity index (χ2n) is 2.38. The highest BCUT2D eigenvalue weighted by atomic mass is 16.3. The number of hydrogen-bond donors (Lipinski definition) is 3. The lowest BCUT2D eigenvalue weighted by atomic mass is 10.1. The van der Waals surface area contributed by atoms with Crippen molar-refractivity contribution in [2.24, 2.45) is 0 Å². The molecule has 0 saturated heterocycles. The Balaban J connectivity index is 3.60. The lowest BCUT2D eigenvalue weighted by Crippen LogP contribution is -2.27. The van der Waals surface area contributed by atoms with Crippen LogP contribution in [0, 0.1) is 0 Å². The standard InChI is InChI=1S/C7H14O3/c1-3-6(9)7(10)4-5(2)8/h3,5-10H,1,4H2,2H3/t5-,6-,7-/m0/s1. The van der Waals surface area contributed by atoms with Crippen LogP contribution >= 0.6 is 0 Å². The van der Waals surface area contributed by atoms with Crippen LogP contribution in [0.15, 0.2) is 12.7 Å². The Bertz CT molecular complexity index is 101. The van der Waals surface area contributed by atoms with Crippen LogP contribution < -0.4 is 0 Å². The van der Waals surface area contributed by atoms with Gasteiger partial charge in [-0.05, 0) is 6.92 Å². The minimum absolute atomic E-state index is 0.174. The third kappa shape index (κ3) is 3.61. The van der Waals surface area contributed by atoms with Crippen molar-refractivity contribution in [1.82, 2.24) is 0 Å². The highest BCUT2D eigenvalue weighted by Crippen LogP contribution is 2.02. The monoisotopic (exact) mass is 146 g/mol. The maximum Gasteiger partial charge on any atom is 0.0978 e. The summed E-state index contributed by atoms with van der Waals surface area (Å²) >= 11 is 0. The number of hydrogen-bond acceptors (Lipinski definition) is 3. The van der Waals surface area contributed by atoms with Crippen LogP contribution in [0.3, 0.4) is 0 Å². The van der Waals surface area contributed by atoms with Crippen molar-refractivity contribution >= 4 is 0 Å². The van der Waals surface area contributed by atoms with Crippen LogP contribution in [-0.4, -0.2) is 33.6 Å². The van der Waals surface area contributed by atoms with Gasteiger partial charge in [0.2, 0.25) is 0 Å². The first-order valence-corrected chi connectivity index (χ1v) is 3.24. The quantitative estimate of drug-likeness (QED) is 0.476. The summed E-state index contributed by atoms with van der Waals surface area (Å²) < 4.78 is 0. The second kappa shape index (κ2) is 4.44. The summed E-state index contributed by atoms with van der Waals surface area (Å²) in [4.78, 5) is 0. The lowest BCUT2D eigenvalue weighted by molar-refractivity contribution is 0.0144. The van der Waals surface area contributed by atoms with Gasteiger partial charge in [-0.1, -0.05) is 6.08 Å². The minimum Gasteiger partial charge on any atom is -0.393 e. The highest BCUT2D eigenvalue weighted by molar-refractivity contribution is 4.84. The van der Waals surface area contributed by atoms with Gasteiger partial charge in [0.1, 0.15) is 0 Å². The first-order chi connectivity index (χ1) is 4.57. The average Bonchev–Trinajstić information content (AvgIpc) is 1.85. The van der Waals surface area contributed by atoms with Gasteiger partial charge in [0, 0.05) is 6.42 Å². The van der Waals surface area contributed by atoms with Crippen molar-refractivity contribution < 1.29 is 15.3 Å². The molecular weight excluding hydrogens is 132 g/mol. The summed E-state index contributed by atoms with van der Waals surface area (Å²) in [6, 6.07) is 0. The first kappa shape index (κ1) is 9.62. The van der Waals surface area contributed by atoms with E-state index in [1.165, 1.54) is 6.08 Å². The van der Waals surface area contributed by atoms with Gasteiger partial charge in [-0.15, -0.1) is 6.58 Å². The van der Waals surface area contributed by atoms with Crippen molar-refractivity contribution in [3.8, 4) is 0 Å². The number of aliphatic hydroxyl groups excluding tert-OH is 3. The maximum atomic E-state index is 9.01. The second-order valence-corrected chi connectivity index (χ2v) is 2.38. The predicted octanol–water partition coefficient (Wildman–Crippen LogP) is -0.335. The molecule has 0 aliphatic carbocycles. The topological polar surface area (TPSA) is 60.7 Å². The number of aliphatic hydroxyl groups is 3. The van der Waals surface area contributed by atoms with Gasteiger partial charge in [0.05, 0.1) is 18.3 Å². The molecule has 0 rings (SSSR count). The average molecular weight is 146 g/mol. The molecule has 0 aromatic heterocycles. The van der Waals surface area contributed by atoms with E-state index < -0.39 is 18.3 Å². The van der Waals surface area contributed by atoms with E-state index in [4.69, 9.17) is 15.3 Å². The van der Waals surface area contributed by atoms with Crippen LogP contribution in [0.2, 0.25) is 0 Å². The van der Waals surface area contributed by atoms with Crippen molar-refractivity contribution in [2.75, 3.05) is 0 Å². The zero-order valence-electron chi connectivity index (χ0n) is 6.07. The molecule has 0 aromatic rings. The highest BCUT2D eigenvalue weighted by Gasteiger charge is 2.14. The molecule has 0 bridgehead atoms. The van der Waals surface area contributed by atoms with E-state index >= 15 is 0 Å². The van der Waals surface area contributed by atoms with E-state index in [1.54, 1.807) is 6.92 Å². The molecule has 0 amide bonds. The van der Waals surface area contributed by atoms with Crippen LogP contribution in [0.1, 0.15) is 13.3 Å². The van der Waals surface area contributed by atoms with Gasteiger partial charge in [-0.3, -0.25) is 0 Å². The molecule has 0 saturated carbocycles. The summed E-state index contributed by atoms with van der Waals surface area (Å²) in [6.07, 6.45) is -1.02. The Morgan fingerprint density at radius 1 is 1.40 bits per heavy atom. The molecule has 3 nitrogen and oxygen atoms in total. The van der Waals surface area contributed by atoms with Crippen molar-refractivity contribution in [1.29, 1.82) is 0 Å². The van der Waals surface area contributed by atoms with Crippen LogP contribution in [-0.2, 0) is 0 Å². The molecule has 10 heavy (non-hydrogen) atoms. The van der Waals surface area contributed by atoms with E-state index in [0.717, 1.165) is 0 Å². The zero-order valence-corrected chi connectivity index (χ0v) is 6.07. The van der Waals surface area contributed by atoms with Crippen LogP contribution in [0.4, 0.5) is 0 Å². The lowest BCUT2D eigenvalue weighted by Gasteiger charge is -2.15. The van der Waals surface area contributed by atoms with Gasteiger partial charge < -0.3 is 15.3 Å². The Kier molecular flexibility index (Phi) is 4.27. The fourth-order valence-electron chi connectivity index (χ4n) is 0.646. The van der Waals surface area contributed by atoms with E-state index in [0.29, 0.717) is 0 Å². The van der Waals surface area contributed by atoms with Crippen molar-refractivity contribution in [2.45, 2.75) is 31.7 Å². The van der Waals surface area contributed by atoms with E-state index in [-0.39, 0.29) is 6.42 Å². The molecule has 3 heteroatoms. The van der Waals surface area contributed by atoms with E-state index in [9.17, 15) is 0 Å². The normalized spacial score (nSPS) is 19.6. The fraction of sp³-hybridized carbons (Fsp3) is 0.714. The molecule has 0 aliphatic rings. The van der Waals surface area contributed by atoms with Gasteiger partial charge in [-0.2, -0.15) is 0 Å². The van der Waals surface area contributed by atoms with E-state index in [2.05, 4.69) is 6.58 Å². The largest absolute Gasteiger partial charge is 0.393 e. The maximum absolute atomic E-state index is 9.01. The summed E-state index contributed by atoms with van der Waals surface area (Å²) in [7, 11) is 0. The van der Waals surface area contributed by atoms with Crippen LogP contribution in [0.25, 0.3) is 0 Å². The molecule has 0 spiro atoms. The summed E-state index contributed by atoms with van der Waals surface area (Å²) in [5, 5.41) is 26.7. The summed E-state index contributed by atoms with van der Waals surface area (Å²) in [6.45, 7) is 4.85. The van der Waals surface area contributed by atoms with Gasteiger partial charge >= 0.3 is 0 Å². The SMILES string of the molecule is C=C[C@H](O)[C@@H](O)C[C@H](C)O. The fourth-order valence-corrected chi connectivity index (χ4v) is 0.646. The first-order valence-electron chi connectivity index (χ1n) is 3.24. The van der Waals surface area contributed by atoms with Crippen molar-refractivity contribution in [3.05, 3.63) is 12.7 Å². The predicted molar refractivity (Wildman–Crippen MR) is 38.5 cm³/mol. The molecule has 3 N–H and O–H groups in total. The molecular formula is C7H14O3.